The lowest BCUT2D eigenvalue weighted by Gasteiger charge is -2.39. The van der Waals surface area contributed by atoms with Crippen molar-refractivity contribution in [1.29, 1.82) is 0 Å². The molecule has 5 nitrogen and oxygen atoms in total. The Balaban J connectivity index is 3.98. The zero-order valence-corrected chi connectivity index (χ0v) is 14.9. The summed E-state index contributed by atoms with van der Waals surface area (Å²) < 4.78 is 77.0. The van der Waals surface area contributed by atoms with Gasteiger partial charge in [0.15, 0.2) is 0 Å². The molecule has 0 aromatic carbocycles. The number of ether oxygens (including phenoxy) is 2. The lowest BCUT2D eigenvalue weighted by Crippen LogP contribution is -2.49. The number of halogens is 5. The molecule has 0 spiro atoms. The van der Waals surface area contributed by atoms with Crippen molar-refractivity contribution in [3.63, 3.8) is 0 Å². The molecule has 0 saturated heterocycles. The van der Waals surface area contributed by atoms with E-state index in [1.54, 1.807) is 13.8 Å². The highest BCUT2D eigenvalue weighted by Crippen LogP contribution is 2.43. The second-order valence-electron chi connectivity index (χ2n) is 6.08. The SMILES string of the molecule is COC(=O)C1=C(C(F)(F)F)N(C)C(C(F)F)C(C(=O)OC)=C1CC(C)C. The van der Waals surface area contributed by atoms with E-state index in [0.29, 0.717) is 0 Å². The third-order valence-corrected chi connectivity index (χ3v) is 3.84. The van der Waals surface area contributed by atoms with Crippen molar-refractivity contribution in [3.05, 3.63) is 22.4 Å². The average molecular weight is 385 g/mol. The Morgan fingerprint density at radius 2 is 1.62 bits per heavy atom. The number of hydrogen-bond donors (Lipinski definition) is 0. The maximum absolute atomic E-state index is 13.6. The average Bonchev–Trinajstić information content (AvgIpc) is 2.51. The van der Waals surface area contributed by atoms with Crippen LogP contribution in [-0.4, -0.2) is 56.7 Å². The molecule has 1 heterocycles. The summed E-state index contributed by atoms with van der Waals surface area (Å²) in [6.45, 7) is 3.22. The first-order valence-electron chi connectivity index (χ1n) is 7.60. The van der Waals surface area contributed by atoms with Gasteiger partial charge in [0, 0.05) is 7.05 Å². The molecule has 1 unspecified atom stereocenters. The molecular weight excluding hydrogens is 365 g/mol. The van der Waals surface area contributed by atoms with Crippen LogP contribution < -0.4 is 0 Å². The molecule has 10 heteroatoms. The number of carbonyl (C=O) groups is 2. The molecule has 1 rings (SSSR count). The van der Waals surface area contributed by atoms with Crippen molar-refractivity contribution in [2.75, 3.05) is 21.3 Å². The van der Waals surface area contributed by atoms with Crippen LogP contribution in [0.5, 0.6) is 0 Å². The van der Waals surface area contributed by atoms with Gasteiger partial charge in [-0.3, -0.25) is 0 Å². The molecule has 0 aliphatic carbocycles. The van der Waals surface area contributed by atoms with Gasteiger partial charge in [-0.15, -0.1) is 0 Å². The van der Waals surface area contributed by atoms with E-state index in [2.05, 4.69) is 9.47 Å². The third kappa shape index (κ3) is 4.16. The molecule has 1 aliphatic heterocycles. The summed E-state index contributed by atoms with van der Waals surface area (Å²) in [6.07, 6.45) is -8.66. The van der Waals surface area contributed by atoms with E-state index in [0.717, 1.165) is 21.3 Å². The fourth-order valence-corrected chi connectivity index (χ4v) is 2.90. The molecule has 0 aromatic heterocycles. The predicted octanol–water partition coefficient (Wildman–Crippen LogP) is 3.07. The van der Waals surface area contributed by atoms with Gasteiger partial charge in [-0.05, 0) is 17.9 Å². The second kappa shape index (κ2) is 8.05. The molecule has 1 aliphatic rings. The summed E-state index contributed by atoms with van der Waals surface area (Å²) in [5.41, 5.74) is -3.63. The van der Waals surface area contributed by atoms with Gasteiger partial charge in [-0.25, -0.2) is 18.4 Å². The Hall–Kier alpha value is -2.13. The van der Waals surface area contributed by atoms with Crippen LogP contribution >= 0.6 is 0 Å². The Labute approximate surface area is 147 Å². The minimum absolute atomic E-state index is 0.188. The summed E-state index contributed by atoms with van der Waals surface area (Å²) >= 11 is 0. The number of allylic oxidation sites excluding steroid dienone is 1. The molecule has 26 heavy (non-hydrogen) atoms. The van der Waals surface area contributed by atoms with Gasteiger partial charge in [-0.2, -0.15) is 13.2 Å². The molecule has 0 bridgehead atoms. The van der Waals surface area contributed by atoms with Gasteiger partial charge >= 0.3 is 18.1 Å². The monoisotopic (exact) mass is 385 g/mol. The van der Waals surface area contributed by atoms with E-state index in [1.807, 2.05) is 0 Å². The fourth-order valence-electron chi connectivity index (χ4n) is 2.90. The zero-order valence-electron chi connectivity index (χ0n) is 14.9. The summed E-state index contributed by atoms with van der Waals surface area (Å²) in [4.78, 5) is 24.4. The summed E-state index contributed by atoms with van der Waals surface area (Å²) in [6, 6.07) is -2.21. The minimum atomic E-state index is -5.12. The normalized spacial score (nSPS) is 18.8. The van der Waals surface area contributed by atoms with E-state index in [9.17, 15) is 31.5 Å². The lowest BCUT2D eigenvalue weighted by molar-refractivity contribution is -0.142. The van der Waals surface area contributed by atoms with E-state index in [4.69, 9.17) is 0 Å². The van der Waals surface area contributed by atoms with Crippen molar-refractivity contribution in [2.24, 2.45) is 5.92 Å². The maximum atomic E-state index is 13.6. The van der Waals surface area contributed by atoms with Crippen LogP contribution in [0.25, 0.3) is 0 Å². The van der Waals surface area contributed by atoms with Crippen LogP contribution in [0.2, 0.25) is 0 Å². The standard InChI is InChI=1S/C16H20F5NO4/c1-7(2)6-8-9(14(23)25-4)11(13(17)18)22(3)12(16(19,20)21)10(8)15(24)26-5/h7,11,13H,6H2,1-5H3. The summed E-state index contributed by atoms with van der Waals surface area (Å²) in [7, 11) is 2.54. The summed E-state index contributed by atoms with van der Waals surface area (Å²) in [5, 5.41) is 0. The fraction of sp³-hybridized carbons (Fsp3) is 0.625. The number of carbonyl (C=O) groups excluding carboxylic acids is 2. The van der Waals surface area contributed by atoms with Crippen LogP contribution in [0.1, 0.15) is 20.3 Å². The Morgan fingerprint density at radius 3 is 1.96 bits per heavy atom. The Kier molecular flexibility index (Phi) is 6.78. The molecule has 1 atom stereocenters. The third-order valence-electron chi connectivity index (χ3n) is 3.84. The highest BCUT2D eigenvalue weighted by molar-refractivity contribution is 6.01. The van der Waals surface area contributed by atoms with Gasteiger partial charge in [-0.1, -0.05) is 13.8 Å². The van der Waals surface area contributed by atoms with Gasteiger partial charge in [0.1, 0.15) is 11.7 Å². The smallest absolute Gasteiger partial charge is 0.431 e. The number of likely N-dealkylation sites (N-methyl/N-ethyl adjacent to an activating group) is 1. The first-order chi connectivity index (χ1) is 11.9. The predicted molar refractivity (Wildman–Crippen MR) is 81.1 cm³/mol. The van der Waals surface area contributed by atoms with Gasteiger partial charge in [0.2, 0.25) is 0 Å². The zero-order chi connectivity index (χ0) is 20.4. The molecule has 0 fully saturated rings. The number of rotatable bonds is 5. The molecule has 0 N–H and O–H groups in total. The van der Waals surface area contributed by atoms with Crippen LogP contribution in [0, 0.1) is 5.92 Å². The Morgan fingerprint density at radius 1 is 1.12 bits per heavy atom. The molecule has 0 saturated carbocycles. The maximum Gasteiger partial charge on any atom is 0.431 e. The van der Waals surface area contributed by atoms with Crippen molar-refractivity contribution in [3.8, 4) is 0 Å². The van der Waals surface area contributed by atoms with Crippen molar-refractivity contribution in [2.45, 2.75) is 38.9 Å². The van der Waals surface area contributed by atoms with Crippen molar-refractivity contribution in [1.82, 2.24) is 4.90 Å². The van der Waals surface area contributed by atoms with E-state index >= 15 is 0 Å². The van der Waals surface area contributed by atoms with Crippen LogP contribution in [0.15, 0.2) is 22.4 Å². The van der Waals surface area contributed by atoms with Gasteiger partial charge < -0.3 is 14.4 Å². The number of hydrogen-bond acceptors (Lipinski definition) is 5. The topological polar surface area (TPSA) is 55.8 Å². The van der Waals surface area contributed by atoms with Crippen LogP contribution in [0.3, 0.4) is 0 Å². The molecular formula is C16H20F5NO4. The highest BCUT2D eigenvalue weighted by atomic mass is 19.4. The minimum Gasteiger partial charge on any atom is -0.466 e. The molecule has 148 valence electrons. The molecule has 0 radical (unpaired) electrons. The quantitative estimate of drug-likeness (QED) is 0.538. The second-order valence-corrected chi connectivity index (χ2v) is 6.08. The van der Waals surface area contributed by atoms with Crippen LogP contribution in [0.4, 0.5) is 22.0 Å². The number of alkyl halides is 5. The highest BCUT2D eigenvalue weighted by Gasteiger charge is 2.51. The Bertz CT molecular complexity index is 637. The van der Waals surface area contributed by atoms with Gasteiger partial charge in [0.05, 0.1) is 25.4 Å². The van der Waals surface area contributed by atoms with Gasteiger partial charge in [0.25, 0.3) is 6.43 Å². The number of nitrogens with zero attached hydrogens (tertiary/aromatic N) is 1. The first-order valence-corrected chi connectivity index (χ1v) is 7.60. The van der Waals surface area contributed by atoms with E-state index in [-0.39, 0.29) is 17.2 Å². The molecule has 0 amide bonds. The largest absolute Gasteiger partial charge is 0.466 e. The van der Waals surface area contributed by atoms with Crippen molar-refractivity contribution < 1.29 is 41.0 Å². The number of methoxy groups -OCH3 is 2. The van der Waals surface area contributed by atoms with E-state index < -0.39 is 53.0 Å². The van der Waals surface area contributed by atoms with E-state index in [1.165, 1.54) is 0 Å². The first kappa shape index (κ1) is 21.9. The summed E-state index contributed by atoms with van der Waals surface area (Å²) in [5.74, 6) is -2.92. The lowest BCUT2D eigenvalue weighted by atomic mass is 9.83. The van der Waals surface area contributed by atoms with Crippen LogP contribution in [-0.2, 0) is 19.1 Å². The molecule has 0 aromatic rings. The van der Waals surface area contributed by atoms with Crippen molar-refractivity contribution >= 4 is 11.9 Å². The number of esters is 2.